The molecule has 1 aliphatic heterocycles. The van der Waals surface area contributed by atoms with Crippen molar-refractivity contribution in [2.45, 2.75) is 17.2 Å². The molecule has 1 unspecified atom stereocenters. The van der Waals surface area contributed by atoms with E-state index < -0.39 is 0 Å². The summed E-state index contributed by atoms with van der Waals surface area (Å²) in [5, 5.41) is 3.27. The van der Waals surface area contributed by atoms with Crippen LogP contribution in [0.25, 0.3) is 0 Å². The van der Waals surface area contributed by atoms with Gasteiger partial charge in [0.1, 0.15) is 5.75 Å². The van der Waals surface area contributed by atoms with E-state index in [1.165, 1.54) is 22.6 Å². The van der Waals surface area contributed by atoms with Gasteiger partial charge in [-0.2, -0.15) is 0 Å². The largest absolute Gasteiger partial charge is 0.496 e. The van der Waals surface area contributed by atoms with Crippen molar-refractivity contribution in [1.82, 2.24) is 5.32 Å². The van der Waals surface area contributed by atoms with Crippen LogP contribution >= 0.6 is 11.8 Å². The van der Waals surface area contributed by atoms with Crippen LogP contribution in [0.2, 0.25) is 0 Å². The van der Waals surface area contributed by atoms with E-state index in [0.717, 1.165) is 12.3 Å². The van der Waals surface area contributed by atoms with Gasteiger partial charge < -0.3 is 10.1 Å². The first-order valence-corrected chi connectivity index (χ1v) is 6.29. The van der Waals surface area contributed by atoms with Crippen LogP contribution in [0.15, 0.2) is 23.1 Å². The number of ether oxygens (including phenoxy) is 1. The first-order valence-electron chi connectivity index (χ1n) is 5.31. The summed E-state index contributed by atoms with van der Waals surface area (Å²) >= 11 is 1.92. The molecule has 0 aromatic heterocycles. The van der Waals surface area contributed by atoms with Gasteiger partial charge in [-0.15, -0.1) is 11.8 Å². The third kappa shape index (κ3) is 2.13. The van der Waals surface area contributed by atoms with Crippen molar-refractivity contribution < 1.29 is 4.74 Å². The highest BCUT2D eigenvalue weighted by atomic mass is 32.2. The van der Waals surface area contributed by atoms with Gasteiger partial charge in [-0.25, -0.2) is 0 Å². The molecule has 0 amide bonds. The minimum Gasteiger partial charge on any atom is -0.496 e. The maximum absolute atomic E-state index is 5.40. The smallest absolute Gasteiger partial charge is 0.132 e. The third-order valence-corrected chi connectivity index (χ3v) is 4.00. The Morgan fingerprint density at radius 2 is 2.40 bits per heavy atom. The lowest BCUT2D eigenvalue weighted by atomic mass is 9.95. The Morgan fingerprint density at radius 3 is 3.13 bits per heavy atom. The molecule has 1 atom stereocenters. The summed E-state index contributed by atoms with van der Waals surface area (Å²) in [4.78, 5) is 1.34. The van der Waals surface area contributed by atoms with Crippen LogP contribution < -0.4 is 10.1 Å². The van der Waals surface area contributed by atoms with Crippen LogP contribution in [0.4, 0.5) is 0 Å². The highest BCUT2D eigenvalue weighted by molar-refractivity contribution is 7.99. The zero-order valence-electron chi connectivity index (χ0n) is 9.25. The van der Waals surface area contributed by atoms with Gasteiger partial charge in [-0.1, -0.05) is 12.1 Å². The van der Waals surface area contributed by atoms with Gasteiger partial charge in [0.05, 0.1) is 12.0 Å². The average molecular weight is 223 g/mol. The predicted octanol–water partition coefficient (Wildman–Crippen LogP) is 2.49. The Kier molecular flexibility index (Phi) is 3.54. The summed E-state index contributed by atoms with van der Waals surface area (Å²) in [7, 11) is 3.76. The summed E-state index contributed by atoms with van der Waals surface area (Å²) in [5.74, 6) is 2.86. The zero-order valence-corrected chi connectivity index (χ0v) is 10.1. The van der Waals surface area contributed by atoms with Crippen LogP contribution in [0.5, 0.6) is 5.75 Å². The minimum absolute atomic E-state index is 0.640. The molecule has 0 bridgehead atoms. The quantitative estimate of drug-likeness (QED) is 0.850. The normalized spacial score (nSPS) is 19.7. The highest BCUT2D eigenvalue weighted by Crippen LogP contribution is 2.42. The van der Waals surface area contributed by atoms with E-state index in [4.69, 9.17) is 4.74 Å². The molecule has 82 valence electrons. The standard InChI is InChI=1S/C12H17NOS/c1-13-8-9-6-7-15-12-10(9)4-3-5-11(12)14-2/h3-5,9,13H,6-8H2,1-2H3. The second kappa shape index (κ2) is 4.90. The van der Waals surface area contributed by atoms with Crippen LogP contribution in [0.3, 0.4) is 0 Å². The summed E-state index contributed by atoms with van der Waals surface area (Å²) in [5.41, 5.74) is 1.44. The first kappa shape index (κ1) is 10.8. The lowest BCUT2D eigenvalue weighted by Gasteiger charge is -2.26. The topological polar surface area (TPSA) is 21.3 Å². The Hall–Kier alpha value is -0.670. The molecule has 2 nitrogen and oxygen atoms in total. The van der Waals surface area contributed by atoms with Gasteiger partial charge in [0.15, 0.2) is 0 Å². The summed E-state index contributed by atoms with van der Waals surface area (Å²) in [6.07, 6.45) is 1.26. The van der Waals surface area contributed by atoms with Gasteiger partial charge >= 0.3 is 0 Å². The molecular formula is C12H17NOS. The summed E-state index contributed by atoms with van der Waals surface area (Å²) in [6, 6.07) is 6.37. The Morgan fingerprint density at radius 1 is 1.53 bits per heavy atom. The summed E-state index contributed by atoms with van der Waals surface area (Å²) < 4.78 is 5.40. The number of fused-ring (bicyclic) bond motifs is 1. The number of methoxy groups -OCH3 is 1. The van der Waals surface area contributed by atoms with Crippen molar-refractivity contribution in [2.75, 3.05) is 26.5 Å². The number of hydrogen-bond donors (Lipinski definition) is 1. The highest BCUT2D eigenvalue weighted by Gasteiger charge is 2.22. The van der Waals surface area contributed by atoms with Crippen molar-refractivity contribution in [3.05, 3.63) is 23.8 Å². The molecule has 0 saturated heterocycles. The van der Waals surface area contributed by atoms with E-state index in [9.17, 15) is 0 Å². The molecule has 15 heavy (non-hydrogen) atoms. The Balaban J connectivity index is 2.35. The maximum atomic E-state index is 5.40. The second-order valence-electron chi connectivity index (χ2n) is 3.77. The van der Waals surface area contributed by atoms with E-state index in [1.54, 1.807) is 7.11 Å². The lowest BCUT2D eigenvalue weighted by molar-refractivity contribution is 0.401. The molecule has 0 radical (unpaired) electrons. The fourth-order valence-electron chi connectivity index (χ4n) is 2.09. The van der Waals surface area contributed by atoms with Crippen LogP contribution in [0.1, 0.15) is 17.9 Å². The molecule has 0 saturated carbocycles. The van der Waals surface area contributed by atoms with E-state index in [1.807, 2.05) is 24.9 Å². The molecule has 1 aliphatic rings. The SMILES string of the molecule is CNCC1CCSc2c(OC)cccc21. The van der Waals surface area contributed by atoms with Gasteiger partial charge in [0, 0.05) is 6.54 Å². The van der Waals surface area contributed by atoms with Gasteiger partial charge in [-0.05, 0) is 36.8 Å². The van der Waals surface area contributed by atoms with Crippen molar-refractivity contribution >= 4 is 11.8 Å². The van der Waals surface area contributed by atoms with E-state index >= 15 is 0 Å². The van der Waals surface area contributed by atoms with Crippen molar-refractivity contribution in [1.29, 1.82) is 0 Å². The van der Waals surface area contributed by atoms with E-state index in [2.05, 4.69) is 17.4 Å². The minimum atomic E-state index is 0.640. The van der Waals surface area contributed by atoms with Gasteiger partial charge in [0.25, 0.3) is 0 Å². The molecule has 0 fully saturated rings. The molecule has 1 N–H and O–H groups in total. The number of benzene rings is 1. The molecule has 1 heterocycles. The molecule has 1 aromatic carbocycles. The van der Waals surface area contributed by atoms with E-state index in [0.29, 0.717) is 5.92 Å². The molecule has 0 aliphatic carbocycles. The second-order valence-corrected chi connectivity index (χ2v) is 4.88. The lowest BCUT2D eigenvalue weighted by Crippen LogP contribution is -2.20. The number of likely N-dealkylation sites (N-methyl/N-ethyl adjacent to an activating group) is 1. The average Bonchev–Trinajstić information content (AvgIpc) is 2.29. The Labute approximate surface area is 95.4 Å². The first-order chi connectivity index (χ1) is 7.36. The molecule has 0 spiro atoms. The predicted molar refractivity (Wildman–Crippen MR) is 65.0 cm³/mol. The van der Waals surface area contributed by atoms with Gasteiger partial charge in [-0.3, -0.25) is 0 Å². The van der Waals surface area contributed by atoms with E-state index in [-0.39, 0.29) is 0 Å². The third-order valence-electron chi connectivity index (χ3n) is 2.83. The number of rotatable bonds is 3. The number of nitrogens with one attached hydrogen (secondary N) is 1. The fourth-order valence-corrected chi connectivity index (χ4v) is 3.39. The van der Waals surface area contributed by atoms with Crippen LogP contribution in [-0.4, -0.2) is 26.5 Å². The number of hydrogen-bond acceptors (Lipinski definition) is 3. The van der Waals surface area contributed by atoms with Crippen LogP contribution in [0, 0.1) is 0 Å². The van der Waals surface area contributed by atoms with Crippen molar-refractivity contribution in [2.24, 2.45) is 0 Å². The van der Waals surface area contributed by atoms with Gasteiger partial charge in [0.2, 0.25) is 0 Å². The zero-order chi connectivity index (χ0) is 10.7. The molecule has 2 rings (SSSR count). The van der Waals surface area contributed by atoms with Crippen LogP contribution in [-0.2, 0) is 0 Å². The fraction of sp³-hybridized carbons (Fsp3) is 0.500. The molecular weight excluding hydrogens is 206 g/mol. The molecule has 1 aromatic rings. The maximum Gasteiger partial charge on any atom is 0.132 e. The molecule has 3 heteroatoms. The van der Waals surface area contributed by atoms with Crippen molar-refractivity contribution in [3.8, 4) is 5.75 Å². The number of thioether (sulfide) groups is 1. The Bertz CT molecular complexity index is 340. The summed E-state index contributed by atoms with van der Waals surface area (Å²) in [6.45, 7) is 1.06. The monoisotopic (exact) mass is 223 g/mol. The van der Waals surface area contributed by atoms with Crippen molar-refractivity contribution in [3.63, 3.8) is 0 Å².